The number of nitrogens with two attached hydrogens (primary N) is 1. The first kappa shape index (κ1) is 21.3. The Bertz CT molecular complexity index is 1150. The number of aromatic nitrogens is 1. The zero-order valence-corrected chi connectivity index (χ0v) is 18.4. The van der Waals surface area contributed by atoms with E-state index in [-0.39, 0.29) is 12.1 Å². The van der Waals surface area contributed by atoms with Crippen LogP contribution in [-0.4, -0.2) is 28.6 Å². The summed E-state index contributed by atoms with van der Waals surface area (Å²) < 4.78 is 0. The molecule has 10 heteroatoms. The molecule has 2 amide bonds. The third kappa shape index (κ3) is 5.04. The molecule has 1 atom stereocenters. The minimum absolute atomic E-state index is 0.120. The van der Waals surface area contributed by atoms with Crippen molar-refractivity contribution in [2.24, 2.45) is 10.8 Å². The predicted molar refractivity (Wildman–Crippen MR) is 124 cm³/mol. The Labute approximate surface area is 192 Å². The molecule has 0 radical (unpaired) electrons. The van der Waals surface area contributed by atoms with E-state index < -0.39 is 17.9 Å². The molecule has 158 valence electrons. The summed E-state index contributed by atoms with van der Waals surface area (Å²) in [5.74, 6) is -0.969. The van der Waals surface area contributed by atoms with Crippen molar-refractivity contribution in [3.63, 3.8) is 0 Å². The zero-order valence-electron chi connectivity index (χ0n) is 16.1. The van der Waals surface area contributed by atoms with Crippen molar-refractivity contribution in [3.8, 4) is 0 Å². The van der Waals surface area contributed by atoms with Crippen LogP contribution in [0.4, 0.5) is 10.8 Å². The molecule has 1 aromatic heterocycles. The number of benzene rings is 2. The van der Waals surface area contributed by atoms with E-state index in [0.29, 0.717) is 27.3 Å². The van der Waals surface area contributed by atoms with Crippen LogP contribution >= 0.6 is 34.5 Å². The van der Waals surface area contributed by atoms with Crippen LogP contribution in [-0.2, 0) is 16.0 Å². The minimum Gasteiger partial charge on any atom is -0.368 e. The standard InChI is InChI=1S/C21H17Cl2N5O2S/c22-13-6-12(7-14(23)9-13)8-16-11-25-21(31-16)26-20(30)17-10-18(19(24)29)28(27-17)15-4-2-1-3-5-15/h1-7,9,11,18H,8,10H2,(H2,24,29)(H,25,26,30)/t18-/m0/s1. The molecule has 2 aromatic carbocycles. The van der Waals surface area contributed by atoms with E-state index in [1.165, 1.54) is 16.3 Å². The summed E-state index contributed by atoms with van der Waals surface area (Å²) in [5, 5.41) is 10.1. The fraction of sp³-hybridized carbons (Fsp3) is 0.143. The Morgan fingerprint density at radius 1 is 1.16 bits per heavy atom. The molecular weight excluding hydrogens is 457 g/mol. The Morgan fingerprint density at radius 3 is 2.55 bits per heavy atom. The number of carbonyl (C=O) groups is 2. The van der Waals surface area contributed by atoms with Crippen molar-refractivity contribution in [2.75, 3.05) is 10.3 Å². The van der Waals surface area contributed by atoms with Gasteiger partial charge in [-0.3, -0.25) is 19.9 Å². The number of hydrogen-bond acceptors (Lipinski definition) is 6. The molecule has 3 N–H and O–H groups in total. The Morgan fingerprint density at radius 2 is 1.87 bits per heavy atom. The molecule has 0 saturated carbocycles. The van der Waals surface area contributed by atoms with Crippen molar-refractivity contribution in [1.29, 1.82) is 0 Å². The zero-order chi connectivity index (χ0) is 22.0. The monoisotopic (exact) mass is 473 g/mol. The lowest BCUT2D eigenvalue weighted by atomic mass is 10.1. The van der Waals surface area contributed by atoms with Crippen LogP contribution in [0.3, 0.4) is 0 Å². The number of amides is 2. The first-order valence-electron chi connectivity index (χ1n) is 9.31. The number of hydrazone groups is 1. The lowest BCUT2D eigenvalue weighted by Gasteiger charge is -2.20. The number of para-hydroxylation sites is 1. The average Bonchev–Trinajstić information content (AvgIpc) is 3.35. The number of anilines is 2. The van der Waals surface area contributed by atoms with E-state index in [1.807, 2.05) is 30.3 Å². The van der Waals surface area contributed by atoms with E-state index in [0.717, 1.165) is 10.4 Å². The van der Waals surface area contributed by atoms with Crippen LogP contribution < -0.4 is 16.1 Å². The quantitative estimate of drug-likeness (QED) is 0.562. The molecule has 0 fully saturated rings. The fourth-order valence-corrected chi connectivity index (χ4v) is 4.63. The number of carbonyl (C=O) groups excluding carboxylic acids is 2. The molecule has 0 unspecified atom stereocenters. The van der Waals surface area contributed by atoms with E-state index in [9.17, 15) is 9.59 Å². The first-order valence-corrected chi connectivity index (χ1v) is 10.9. The molecule has 31 heavy (non-hydrogen) atoms. The first-order chi connectivity index (χ1) is 14.9. The molecule has 4 rings (SSSR count). The average molecular weight is 474 g/mol. The third-order valence-electron chi connectivity index (χ3n) is 4.60. The molecule has 2 heterocycles. The summed E-state index contributed by atoms with van der Waals surface area (Å²) >= 11 is 13.4. The van der Waals surface area contributed by atoms with Crippen LogP contribution in [0.25, 0.3) is 0 Å². The minimum atomic E-state index is -0.720. The van der Waals surface area contributed by atoms with Gasteiger partial charge in [-0.05, 0) is 35.9 Å². The van der Waals surface area contributed by atoms with Gasteiger partial charge in [-0.1, -0.05) is 41.4 Å². The van der Waals surface area contributed by atoms with Gasteiger partial charge < -0.3 is 5.73 Å². The number of nitrogens with zero attached hydrogens (tertiary/aromatic N) is 3. The van der Waals surface area contributed by atoms with Gasteiger partial charge in [0.15, 0.2) is 5.13 Å². The highest BCUT2D eigenvalue weighted by molar-refractivity contribution is 7.15. The number of halogens is 2. The van der Waals surface area contributed by atoms with Gasteiger partial charge >= 0.3 is 0 Å². The maximum atomic E-state index is 12.7. The van der Waals surface area contributed by atoms with Gasteiger partial charge in [0.05, 0.1) is 5.69 Å². The van der Waals surface area contributed by atoms with Crippen molar-refractivity contribution in [2.45, 2.75) is 18.9 Å². The van der Waals surface area contributed by atoms with Gasteiger partial charge in [0.25, 0.3) is 5.91 Å². The van der Waals surface area contributed by atoms with E-state index in [2.05, 4.69) is 15.4 Å². The number of primary amides is 1. The number of nitrogens with one attached hydrogen (secondary N) is 1. The molecule has 1 aliphatic rings. The number of thiazole rings is 1. The third-order valence-corrected chi connectivity index (χ3v) is 5.95. The van der Waals surface area contributed by atoms with Crippen LogP contribution in [0.2, 0.25) is 10.0 Å². The summed E-state index contributed by atoms with van der Waals surface area (Å²) in [7, 11) is 0. The fourth-order valence-electron chi connectivity index (χ4n) is 3.22. The molecule has 3 aromatic rings. The van der Waals surface area contributed by atoms with E-state index in [4.69, 9.17) is 28.9 Å². The van der Waals surface area contributed by atoms with Gasteiger partial charge in [0.1, 0.15) is 11.8 Å². The summed E-state index contributed by atoms with van der Waals surface area (Å²) in [4.78, 5) is 29.8. The normalized spacial score (nSPS) is 15.6. The van der Waals surface area contributed by atoms with Gasteiger partial charge in [-0.2, -0.15) is 5.10 Å². The molecular formula is C21H17Cl2N5O2S. The summed E-state index contributed by atoms with van der Waals surface area (Å²) in [6.07, 6.45) is 2.39. The van der Waals surface area contributed by atoms with Crippen LogP contribution in [0.5, 0.6) is 0 Å². The Balaban J connectivity index is 1.46. The van der Waals surface area contributed by atoms with Crippen LogP contribution in [0.1, 0.15) is 16.9 Å². The van der Waals surface area contributed by atoms with Crippen molar-refractivity contribution in [1.82, 2.24) is 4.98 Å². The Hall–Kier alpha value is -2.94. The van der Waals surface area contributed by atoms with Gasteiger partial charge in [-0.15, -0.1) is 11.3 Å². The molecule has 1 aliphatic heterocycles. The maximum absolute atomic E-state index is 12.7. The highest BCUT2D eigenvalue weighted by atomic mass is 35.5. The molecule has 0 aliphatic carbocycles. The molecule has 0 saturated heterocycles. The lowest BCUT2D eigenvalue weighted by Crippen LogP contribution is -2.39. The smallest absolute Gasteiger partial charge is 0.273 e. The van der Waals surface area contributed by atoms with Crippen LogP contribution in [0, 0.1) is 0 Å². The van der Waals surface area contributed by atoms with Crippen LogP contribution in [0.15, 0.2) is 59.8 Å². The summed E-state index contributed by atoms with van der Waals surface area (Å²) in [6.45, 7) is 0. The number of hydrogen-bond donors (Lipinski definition) is 2. The predicted octanol–water partition coefficient (Wildman–Crippen LogP) is 4.10. The summed E-state index contributed by atoms with van der Waals surface area (Å²) in [6, 6.07) is 13.7. The second-order valence-electron chi connectivity index (χ2n) is 6.89. The largest absolute Gasteiger partial charge is 0.368 e. The van der Waals surface area contributed by atoms with Gasteiger partial charge in [0, 0.05) is 34.0 Å². The van der Waals surface area contributed by atoms with Gasteiger partial charge in [-0.25, -0.2) is 4.98 Å². The highest BCUT2D eigenvalue weighted by Gasteiger charge is 2.35. The topological polar surface area (TPSA) is 101 Å². The molecule has 0 spiro atoms. The number of rotatable bonds is 6. The second-order valence-corrected chi connectivity index (χ2v) is 8.88. The van der Waals surface area contributed by atoms with Crippen molar-refractivity contribution in [3.05, 3.63) is 75.2 Å². The van der Waals surface area contributed by atoms with E-state index in [1.54, 1.807) is 24.4 Å². The Kier molecular flexibility index (Phi) is 6.22. The maximum Gasteiger partial charge on any atom is 0.273 e. The highest BCUT2D eigenvalue weighted by Crippen LogP contribution is 2.27. The van der Waals surface area contributed by atoms with Gasteiger partial charge in [0.2, 0.25) is 5.91 Å². The molecule has 7 nitrogen and oxygen atoms in total. The van der Waals surface area contributed by atoms with Crippen molar-refractivity contribution >= 4 is 62.9 Å². The second kappa shape index (κ2) is 9.05. The van der Waals surface area contributed by atoms with Crippen molar-refractivity contribution < 1.29 is 9.59 Å². The summed E-state index contributed by atoms with van der Waals surface area (Å²) in [5.41, 5.74) is 7.37. The lowest BCUT2D eigenvalue weighted by molar-refractivity contribution is -0.119. The van der Waals surface area contributed by atoms with E-state index >= 15 is 0 Å². The molecule has 0 bridgehead atoms. The SMILES string of the molecule is NC(=O)[C@@H]1CC(C(=O)Nc2ncc(Cc3cc(Cl)cc(Cl)c3)s2)=NN1c1ccccc1.